The molecule has 0 aliphatic carbocycles. The first-order valence-corrected chi connectivity index (χ1v) is 6.60. The number of nitrogens with one attached hydrogen (secondary N) is 1. The number of carbonyl (C=O) groups excluding carboxylic acids is 1. The molecule has 0 heterocycles. The van der Waals surface area contributed by atoms with E-state index in [-0.39, 0.29) is 17.9 Å². The standard InChI is InChI=1S/C15H11ClF3NO2/c16-12-3-1-2-10(8-12)9-20-14(21)11-4-6-13(7-5-11)22-15(17,18)19/h1-8H,9H2,(H,20,21). The average Bonchev–Trinajstić information content (AvgIpc) is 2.44. The van der Waals surface area contributed by atoms with Crippen molar-refractivity contribution in [3.05, 3.63) is 64.7 Å². The molecule has 0 aliphatic rings. The number of ether oxygens (including phenoxy) is 1. The molecule has 1 N–H and O–H groups in total. The summed E-state index contributed by atoms with van der Waals surface area (Å²) in [7, 11) is 0. The van der Waals surface area contributed by atoms with E-state index in [4.69, 9.17) is 11.6 Å². The highest BCUT2D eigenvalue weighted by molar-refractivity contribution is 6.30. The largest absolute Gasteiger partial charge is 0.573 e. The monoisotopic (exact) mass is 329 g/mol. The summed E-state index contributed by atoms with van der Waals surface area (Å²) in [6, 6.07) is 11.7. The van der Waals surface area contributed by atoms with Crippen molar-refractivity contribution in [1.82, 2.24) is 5.32 Å². The Kier molecular flexibility index (Phi) is 4.92. The van der Waals surface area contributed by atoms with Crippen LogP contribution in [0.4, 0.5) is 13.2 Å². The predicted molar refractivity (Wildman–Crippen MR) is 75.7 cm³/mol. The molecule has 0 unspecified atom stereocenters. The first-order chi connectivity index (χ1) is 10.3. The number of rotatable bonds is 4. The number of benzene rings is 2. The summed E-state index contributed by atoms with van der Waals surface area (Å²) in [5, 5.41) is 3.21. The maximum atomic E-state index is 12.0. The number of amides is 1. The fraction of sp³-hybridized carbons (Fsp3) is 0.133. The molecule has 22 heavy (non-hydrogen) atoms. The van der Waals surface area contributed by atoms with Gasteiger partial charge >= 0.3 is 6.36 Å². The molecule has 0 fully saturated rings. The normalized spacial score (nSPS) is 11.1. The summed E-state index contributed by atoms with van der Waals surface area (Å²) in [5.74, 6) is -0.780. The maximum Gasteiger partial charge on any atom is 0.573 e. The molecule has 0 aromatic heterocycles. The minimum absolute atomic E-state index is 0.233. The topological polar surface area (TPSA) is 38.3 Å². The first kappa shape index (κ1) is 16.2. The Labute approximate surface area is 129 Å². The molecule has 3 nitrogen and oxygen atoms in total. The van der Waals surface area contributed by atoms with E-state index < -0.39 is 12.3 Å². The fourth-order valence-electron chi connectivity index (χ4n) is 1.74. The van der Waals surface area contributed by atoms with Crippen LogP contribution in [0.15, 0.2) is 48.5 Å². The van der Waals surface area contributed by atoms with E-state index in [9.17, 15) is 18.0 Å². The molecule has 0 atom stereocenters. The van der Waals surface area contributed by atoms with Crippen LogP contribution < -0.4 is 10.1 Å². The SMILES string of the molecule is O=C(NCc1cccc(Cl)c1)c1ccc(OC(F)(F)F)cc1. The fourth-order valence-corrected chi connectivity index (χ4v) is 1.95. The van der Waals surface area contributed by atoms with Gasteiger partial charge in [0.2, 0.25) is 0 Å². The molecular formula is C15H11ClF3NO2. The summed E-state index contributed by atoms with van der Waals surface area (Å²) in [4.78, 5) is 11.9. The van der Waals surface area contributed by atoms with E-state index in [1.54, 1.807) is 24.3 Å². The third kappa shape index (κ3) is 4.96. The summed E-state index contributed by atoms with van der Waals surface area (Å²) in [6.07, 6.45) is -4.75. The van der Waals surface area contributed by atoms with Crippen LogP contribution >= 0.6 is 11.6 Å². The minimum atomic E-state index is -4.75. The van der Waals surface area contributed by atoms with Gasteiger partial charge in [0.15, 0.2) is 0 Å². The van der Waals surface area contributed by atoms with Crippen LogP contribution in [0.1, 0.15) is 15.9 Å². The van der Waals surface area contributed by atoms with Crippen molar-refractivity contribution >= 4 is 17.5 Å². The van der Waals surface area contributed by atoms with E-state index in [1.165, 1.54) is 12.1 Å². The minimum Gasteiger partial charge on any atom is -0.406 e. The third-order valence-electron chi connectivity index (χ3n) is 2.69. The predicted octanol–water partition coefficient (Wildman–Crippen LogP) is 4.17. The third-order valence-corrected chi connectivity index (χ3v) is 2.93. The summed E-state index contributed by atoms with van der Waals surface area (Å²) >= 11 is 5.83. The van der Waals surface area contributed by atoms with Crippen LogP contribution in [-0.4, -0.2) is 12.3 Å². The van der Waals surface area contributed by atoms with Gasteiger partial charge in [0.25, 0.3) is 5.91 Å². The Morgan fingerprint density at radius 1 is 1.14 bits per heavy atom. The van der Waals surface area contributed by atoms with E-state index in [1.807, 2.05) is 0 Å². The molecule has 7 heteroatoms. The summed E-state index contributed by atoms with van der Waals surface area (Å²) in [6.45, 7) is 0.264. The molecule has 0 spiro atoms. The van der Waals surface area contributed by atoms with Crippen molar-refractivity contribution in [2.45, 2.75) is 12.9 Å². The Balaban J connectivity index is 1.95. The highest BCUT2D eigenvalue weighted by Crippen LogP contribution is 2.22. The maximum absolute atomic E-state index is 12.0. The molecule has 0 bridgehead atoms. The lowest BCUT2D eigenvalue weighted by atomic mass is 10.2. The lowest BCUT2D eigenvalue weighted by Gasteiger charge is -2.09. The lowest BCUT2D eigenvalue weighted by Crippen LogP contribution is -2.22. The van der Waals surface area contributed by atoms with Gasteiger partial charge in [-0.1, -0.05) is 23.7 Å². The van der Waals surface area contributed by atoms with Crippen molar-refractivity contribution in [2.24, 2.45) is 0 Å². The molecule has 0 aliphatic heterocycles. The van der Waals surface area contributed by atoms with Gasteiger partial charge in [-0.25, -0.2) is 0 Å². The van der Waals surface area contributed by atoms with Crippen LogP contribution in [0.25, 0.3) is 0 Å². The lowest BCUT2D eigenvalue weighted by molar-refractivity contribution is -0.274. The molecular weight excluding hydrogens is 319 g/mol. The van der Waals surface area contributed by atoms with Crippen molar-refractivity contribution in [3.8, 4) is 5.75 Å². The summed E-state index contributed by atoms with van der Waals surface area (Å²) < 4.78 is 39.8. The number of hydrogen-bond acceptors (Lipinski definition) is 2. The van der Waals surface area contributed by atoms with Crippen molar-refractivity contribution in [3.63, 3.8) is 0 Å². The van der Waals surface area contributed by atoms with Gasteiger partial charge in [-0.2, -0.15) is 0 Å². The molecule has 2 aromatic carbocycles. The number of alkyl halides is 3. The van der Waals surface area contributed by atoms with Crippen LogP contribution in [0.3, 0.4) is 0 Å². The Morgan fingerprint density at radius 3 is 2.41 bits per heavy atom. The molecule has 0 saturated carbocycles. The van der Waals surface area contributed by atoms with Crippen LogP contribution in [0.2, 0.25) is 5.02 Å². The summed E-state index contributed by atoms with van der Waals surface area (Å²) in [5.41, 5.74) is 1.05. The molecule has 2 aromatic rings. The Hall–Kier alpha value is -2.21. The molecule has 2 rings (SSSR count). The molecule has 116 valence electrons. The van der Waals surface area contributed by atoms with E-state index in [2.05, 4.69) is 10.1 Å². The molecule has 0 radical (unpaired) electrons. The Bertz CT molecular complexity index is 657. The zero-order valence-electron chi connectivity index (χ0n) is 11.2. The van der Waals surface area contributed by atoms with Gasteiger partial charge in [-0.05, 0) is 42.0 Å². The van der Waals surface area contributed by atoms with Crippen LogP contribution in [0.5, 0.6) is 5.75 Å². The number of halogens is 4. The second-order valence-electron chi connectivity index (χ2n) is 4.38. The van der Waals surface area contributed by atoms with Crippen molar-refractivity contribution in [1.29, 1.82) is 0 Å². The number of carbonyl (C=O) groups is 1. The first-order valence-electron chi connectivity index (χ1n) is 6.22. The zero-order chi connectivity index (χ0) is 16.2. The smallest absolute Gasteiger partial charge is 0.406 e. The van der Waals surface area contributed by atoms with Gasteiger partial charge < -0.3 is 10.1 Å². The van der Waals surface area contributed by atoms with Gasteiger partial charge in [-0.15, -0.1) is 13.2 Å². The van der Waals surface area contributed by atoms with Crippen LogP contribution in [-0.2, 0) is 6.54 Å². The zero-order valence-corrected chi connectivity index (χ0v) is 11.9. The van der Waals surface area contributed by atoms with Gasteiger partial charge in [-0.3, -0.25) is 4.79 Å². The highest BCUT2D eigenvalue weighted by Gasteiger charge is 2.31. The second-order valence-corrected chi connectivity index (χ2v) is 4.82. The Morgan fingerprint density at radius 2 is 1.82 bits per heavy atom. The van der Waals surface area contributed by atoms with Crippen molar-refractivity contribution < 1.29 is 22.7 Å². The van der Waals surface area contributed by atoms with Gasteiger partial charge in [0.05, 0.1) is 0 Å². The van der Waals surface area contributed by atoms with E-state index >= 15 is 0 Å². The second kappa shape index (κ2) is 6.70. The van der Waals surface area contributed by atoms with Gasteiger partial charge in [0.1, 0.15) is 5.75 Å². The van der Waals surface area contributed by atoms with Gasteiger partial charge in [0, 0.05) is 17.1 Å². The van der Waals surface area contributed by atoms with Crippen LogP contribution in [0, 0.1) is 0 Å². The quantitative estimate of drug-likeness (QED) is 0.914. The van der Waals surface area contributed by atoms with E-state index in [0.717, 1.165) is 17.7 Å². The molecule has 1 amide bonds. The van der Waals surface area contributed by atoms with E-state index in [0.29, 0.717) is 5.02 Å². The highest BCUT2D eigenvalue weighted by atomic mass is 35.5. The average molecular weight is 330 g/mol. The van der Waals surface area contributed by atoms with Crippen molar-refractivity contribution in [2.75, 3.05) is 0 Å². The number of hydrogen-bond donors (Lipinski definition) is 1. The molecule has 0 saturated heterocycles.